The summed E-state index contributed by atoms with van der Waals surface area (Å²) in [5.74, 6) is 0. The third-order valence-electron chi connectivity index (χ3n) is 2.78. The number of anilines is 1. The Hall–Kier alpha value is -2.53. The van der Waals surface area contributed by atoms with E-state index in [2.05, 4.69) is 15.6 Å². The molecule has 20 heavy (non-hydrogen) atoms. The highest BCUT2D eigenvalue weighted by Crippen LogP contribution is 2.10. The van der Waals surface area contributed by atoms with E-state index in [0.717, 1.165) is 11.4 Å². The van der Waals surface area contributed by atoms with Crippen LogP contribution in [0.15, 0.2) is 66.9 Å². The van der Waals surface area contributed by atoms with Crippen molar-refractivity contribution in [1.82, 2.24) is 15.0 Å². The molecule has 0 aliphatic carbocycles. The molecule has 2 aromatic carbocycles. The van der Waals surface area contributed by atoms with Crippen molar-refractivity contribution in [2.75, 3.05) is 5.32 Å². The van der Waals surface area contributed by atoms with Gasteiger partial charge in [-0.2, -0.15) is 0 Å². The van der Waals surface area contributed by atoms with Crippen LogP contribution in [0.2, 0.25) is 0 Å². The van der Waals surface area contributed by atoms with Crippen molar-refractivity contribution in [3.63, 3.8) is 0 Å². The number of hydrogen-bond acceptors (Lipinski definition) is 3. The van der Waals surface area contributed by atoms with Gasteiger partial charge in [0.1, 0.15) is 10.7 Å². The summed E-state index contributed by atoms with van der Waals surface area (Å²) in [5, 5.41) is 11.3. The number of nitrogens with zero attached hydrogens (tertiary/aromatic N) is 3. The van der Waals surface area contributed by atoms with Gasteiger partial charge < -0.3 is 5.32 Å². The number of aromatic nitrogens is 3. The fraction of sp³-hybridized carbons (Fsp3) is 0. The zero-order valence-electron chi connectivity index (χ0n) is 10.6. The van der Waals surface area contributed by atoms with Crippen molar-refractivity contribution in [3.8, 4) is 5.69 Å². The zero-order chi connectivity index (χ0) is 13.8. The second-order valence-electron chi connectivity index (χ2n) is 4.20. The number of thiocarbonyl (C=S) groups is 1. The van der Waals surface area contributed by atoms with E-state index >= 15 is 0 Å². The highest BCUT2D eigenvalue weighted by molar-refractivity contribution is 7.81. The summed E-state index contributed by atoms with van der Waals surface area (Å²) >= 11 is 5.34. The SMILES string of the molecule is S=C(Nc1ccccc1)c1cn(-c2ccccc2)nn1. The van der Waals surface area contributed by atoms with Crippen molar-refractivity contribution in [2.45, 2.75) is 0 Å². The molecule has 0 atom stereocenters. The Labute approximate surface area is 122 Å². The first-order valence-corrected chi connectivity index (χ1v) is 6.58. The molecule has 0 bridgehead atoms. The lowest BCUT2D eigenvalue weighted by molar-refractivity contribution is 0.803. The minimum Gasteiger partial charge on any atom is -0.345 e. The minimum absolute atomic E-state index is 0.554. The van der Waals surface area contributed by atoms with Crippen LogP contribution < -0.4 is 5.32 Å². The molecule has 3 aromatic rings. The van der Waals surface area contributed by atoms with E-state index in [0.29, 0.717) is 10.7 Å². The molecule has 3 rings (SSSR count). The topological polar surface area (TPSA) is 42.7 Å². The van der Waals surface area contributed by atoms with E-state index in [1.165, 1.54) is 0 Å². The van der Waals surface area contributed by atoms with E-state index in [1.54, 1.807) is 4.68 Å². The van der Waals surface area contributed by atoms with Gasteiger partial charge in [0.25, 0.3) is 0 Å². The average Bonchev–Trinajstić information content (AvgIpc) is 2.99. The van der Waals surface area contributed by atoms with Crippen molar-refractivity contribution in [3.05, 3.63) is 72.6 Å². The summed E-state index contributed by atoms with van der Waals surface area (Å²) in [6.45, 7) is 0. The average molecular weight is 280 g/mol. The van der Waals surface area contributed by atoms with Gasteiger partial charge in [-0.3, -0.25) is 0 Å². The fourth-order valence-electron chi connectivity index (χ4n) is 1.79. The van der Waals surface area contributed by atoms with E-state index in [-0.39, 0.29) is 0 Å². The number of hydrogen-bond donors (Lipinski definition) is 1. The molecule has 0 saturated carbocycles. The summed E-state index contributed by atoms with van der Waals surface area (Å²) in [4.78, 5) is 0.554. The first kappa shape index (κ1) is 12.5. The summed E-state index contributed by atoms with van der Waals surface area (Å²) in [6.07, 6.45) is 1.81. The predicted molar refractivity (Wildman–Crippen MR) is 83.1 cm³/mol. The van der Waals surface area contributed by atoms with Gasteiger partial charge >= 0.3 is 0 Å². The molecule has 0 saturated heterocycles. The lowest BCUT2D eigenvalue weighted by atomic mass is 10.3. The minimum atomic E-state index is 0.554. The summed E-state index contributed by atoms with van der Waals surface area (Å²) < 4.78 is 1.70. The maximum absolute atomic E-state index is 5.34. The maximum Gasteiger partial charge on any atom is 0.140 e. The van der Waals surface area contributed by atoms with E-state index in [4.69, 9.17) is 12.2 Å². The van der Waals surface area contributed by atoms with Crippen LogP contribution >= 0.6 is 12.2 Å². The third-order valence-corrected chi connectivity index (χ3v) is 3.09. The molecule has 0 radical (unpaired) electrons. The largest absolute Gasteiger partial charge is 0.345 e. The van der Waals surface area contributed by atoms with Crippen LogP contribution in [0, 0.1) is 0 Å². The Morgan fingerprint density at radius 1 is 0.950 bits per heavy atom. The van der Waals surface area contributed by atoms with Gasteiger partial charge in [0.05, 0.1) is 11.9 Å². The molecule has 0 unspecified atom stereocenters. The standard InChI is InChI=1S/C15H12N4S/c20-15(16-12-7-3-1-4-8-12)14-11-19(18-17-14)13-9-5-2-6-10-13/h1-11H,(H,16,20). The van der Waals surface area contributed by atoms with Gasteiger partial charge in [0, 0.05) is 5.69 Å². The summed E-state index contributed by atoms with van der Waals surface area (Å²) in [5.41, 5.74) is 2.54. The molecule has 5 heteroatoms. The zero-order valence-corrected chi connectivity index (χ0v) is 11.4. The van der Waals surface area contributed by atoms with Crippen LogP contribution in [-0.4, -0.2) is 20.0 Å². The van der Waals surface area contributed by atoms with Crippen LogP contribution in [0.4, 0.5) is 5.69 Å². The van der Waals surface area contributed by atoms with Crippen LogP contribution in [0.1, 0.15) is 5.69 Å². The lowest BCUT2D eigenvalue weighted by Crippen LogP contribution is -2.10. The van der Waals surface area contributed by atoms with Crippen LogP contribution in [0.25, 0.3) is 5.69 Å². The van der Waals surface area contributed by atoms with Gasteiger partial charge in [0.2, 0.25) is 0 Å². The molecule has 1 heterocycles. The fourth-order valence-corrected chi connectivity index (χ4v) is 2.00. The Bertz CT molecular complexity index is 707. The number of rotatable bonds is 3. The number of benzene rings is 2. The van der Waals surface area contributed by atoms with Crippen molar-refractivity contribution in [2.24, 2.45) is 0 Å². The summed E-state index contributed by atoms with van der Waals surface area (Å²) in [7, 11) is 0. The number of nitrogens with one attached hydrogen (secondary N) is 1. The molecule has 4 nitrogen and oxygen atoms in total. The van der Waals surface area contributed by atoms with Gasteiger partial charge in [0.15, 0.2) is 0 Å². The maximum atomic E-state index is 5.34. The molecule has 1 aromatic heterocycles. The molecule has 0 amide bonds. The molecule has 0 aliphatic rings. The normalized spacial score (nSPS) is 10.2. The number of para-hydroxylation sites is 2. The Balaban J connectivity index is 1.79. The molecule has 0 fully saturated rings. The summed E-state index contributed by atoms with van der Waals surface area (Å²) in [6, 6.07) is 19.6. The van der Waals surface area contributed by atoms with Crippen molar-refractivity contribution in [1.29, 1.82) is 0 Å². The van der Waals surface area contributed by atoms with E-state index in [1.807, 2.05) is 66.9 Å². The van der Waals surface area contributed by atoms with Crippen molar-refractivity contribution < 1.29 is 0 Å². The van der Waals surface area contributed by atoms with Gasteiger partial charge in [-0.25, -0.2) is 4.68 Å². The van der Waals surface area contributed by atoms with Gasteiger partial charge in [-0.05, 0) is 24.3 Å². The van der Waals surface area contributed by atoms with Crippen molar-refractivity contribution >= 4 is 22.9 Å². The molecule has 0 spiro atoms. The lowest BCUT2D eigenvalue weighted by Gasteiger charge is -2.04. The Kier molecular flexibility index (Phi) is 3.52. The molecular formula is C15H12N4S. The second-order valence-corrected chi connectivity index (χ2v) is 4.61. The van der Waals surface area contributed by atoms with Crippen LogP contribution in [0.5, 0.6) is 0 Å². The smallest absolute Gasteiger partial charge is 0.140 e. The third kappa shape index (κ3) is 2.73. The molecular weight excluding hydrogens is 268 g/mol. The first-order valence-electron chi connectivity index (χ1n) is 6.17. The first-order chi connectivity index (χ1) is 9.83. The van der Waals surface area contributed by atoms with Gasteiger partial charge in [-0.15, -0.1) is 5.10 Å². The second kappa shape index (κ2) is 5.63. The Morgan fingerprint density at radius 3 is 2.30 bits per heavy atom. The Morgan fingerprint density at radius 2 is 1.60 bits per heavy atom. The highest BCUT2D eigenvalue weighted by atomic mass is 32.1. The van der Waals surface area contributed by atoms with E-state index in [9.17, 15) is 0 Å². The highest BCUT2D eigenvalue weighted by Gasteiger charge is 2.07. The predicted octanol–water partition coefficient (Wildman–Crippen LogP) is 3.05. The molecule has 1 N–H and O–H groups in total. The van der Waals surface area contributed by atoms with E-state index < -0.39 is 0 Å². The van der Waals surface area contributed by atoms with Crippen LogP contribution in [-0.2, 0) is 0 Å². The van der Waals surface area contributed by atoms with Crippen LogP contribution in [0.3, 0.4) is 0 Å². The molecule has 98 valence electrons. The van der Waals surface area contributed by atoms with Gasteiger partial charge in [-0.1, -0.05) is 53.8 Å². The monoisotopic (exact) mass is 280 g/mol. The molecule has 0 aliphatic heterocycles. The quantitative estimate of drug-likeness (QED) is 0.749.